The van der Waals surface area contributed by atoms with E-state index in [-0.39, 0.29) is 0 Å². The van der Waals surface area contributed by atoms with E-state index >= 15 is 0 Å². The number of hydrogen-bond donors (Lipinski definition) is 0. The van der Waals surface area contributed by atoms with Gasteiger partial charge in [0.05, 0.1) is 5.75 Å². The normalized spacial score (nSPS) is 12.7. The third-order valence-corrected chi connectivity index (χ3v) is 4.19. The number of hydrogen-bond acceptors (Lipinski definition) is 2. The molecule has 0 aromatic heterocycles. The summed E-state index contributed by atoms with van der Waals surface area (Å²) in [5, 5.41) is 0. The summed E-state index contributed by atoms with van der Waals surface area (Å²) in [4.78, 5) is 13.0. The lowest BCUT2D eigenvalue weighted by Gasteiger charge is -2.12. The Bertz CT molecular complexity index is 390. The number of benzene rings is 1. The van der Waals surface area contributed by atoms with E-state index in [1.165, 1.54) is 0 Å². The third-order valence-electron chi connectivity index (χ3n) is 2.65. The lowest BCUT2D eigenvalue weighted by atomic mass is 9.95. The predicted octanol–water partition coefficient (Wildman–Crippen LogP) is 5.18. The molecule has 100 valence electrons. The van der Waals surface area contributed by atoms with Gasteiger partial charge in [-0.1, -0.05) is 42.8 Å². The van der Waals surface area contributed by atoms with Crippen molar-refractivity contribution >= 4 is 33.5 Å². The van der Waals surface area contributed by atoms with E-state index in [1.54, 1.807) is 11.8 Å². The molecule has 1 unspecified atom stereocenters. The van der Waals surface area contributed by atoms with Crippen LogP contribution in [-0.4, -0.2) is 11.5 Å². The van der Waals surface area contributed by atoms with Crippen molar-refractivity contribution in [2.45, 2.75) is 38.5 Å². The van der Waals surface area contributed by atoms with Crippen molar-refractivity contribution in [1.82, 2.24) is 0 Å². The molecule has 18 heavy (non-hydrogen) atoms. The van der Waals surface area contributed by atoms with Crippen LogP contribution in [0.1, 0.15) is 33.6 Å². The maximum Gasteiger partial charge on any atom is 0.143 e. The maximum absolute atomic E-state index is 11.9. The predicted molar refractivity (Wildman–Crippen MR) is 83.1 cm³/mol. The smallest absolute Gasteiger partial charge is 0.143 e. The van der Waals surface area contributed by atoms with Crippen molar-refractivity contribution in [2.75, 3.05) is 5.75 Å². The van der Waals surface area contributed by atoms with E-state index in [4.69, 9.17) is 0 Å². The minimum absolute atomic E-state index is 0.355. The first-order chi connectivity index (χ1) is 8.47. The van der Waals surface area contributed by atoms with Crippen LogP contribution >= 0.6 is 27.7 Å². The fourth-order valence-electron chi connectivity index (χ4n) is 2.06. The van der Waals surface area contributed by atoms with Crippen molar-refractivity contribution in [2.24, 2.45) is 11.8 Å². The number of carbonyl (C=O) groups is 1. The second-order valence-corrected chi connectivity index (χ2v) is 7.19. The zero-order valence-corrected chi connectivity index (χ0v) is 13.7. The van der Waals surface area contributed by atoms with Crippen LogP contribution in [0.2, 0.25) is 0 Å². The van der Waals surface area contributed by atoms with Gasteiger partial charge in [-0.2, -0.15) is 0 Å². The first kappa shape index (κ1) is 15.8. The number of rotatable bonds is 7. The Morgan fingerprint density at radius 2 is 2.06 bits per heavy atom. The second-order valence-electron chi connectivity index (χ2n) is 5.22. The van der Waals surface area contributed by atoms with Crippen LogP contribution in [0.15, 0.2) is 33.6 Å². The van der Waals surface area contributed by atoms with E-state index in [0.29, 0.717) is 29.8 Å². The standard InChI is InChI=1S/C15H21BrOS/c1-11(2)7-12(3)8-14(17)10-18-15-6-4-5-13(16)9-15/h4-6,9,11-12H,7-8,10H2,1-3H3. The molecule has 0 amide bonds. The number of ketones is 1. The molecule has 1 aromatic carbocycles. The van der Waals surface area contributed by atoms with Crippen molar-refractivity contribution in [1.29, 1.82) is 0 Å². The largest absolute Gasteiger partial charge is 0.299 e. The van der Waals surface area contributed by atoms with Gasteiger partial charge in [-0.05, 0) is 36.5 Å². The average Bonchev–Trinajstić information content (AvgIpc) is 2.25. The molecule has 0 bridgehead atoms. The molecule has 1 aromatic rings. The van der Waals surface area contributed by atoms with Gasteiger partial charge >= 0.3 is 0 Å². The monoisotopic (exact) mass is 328 g/mol. The summed E-state index contributed by atoms with van der Waals surface area (Å²) in [5.74, 6) is 2.11. The molecule has 3 heteroatoms. The van der Waals surface area contributed by atoms with Gasteiger partial charge in [-0.3, -0.25) is 4.79 Å². The van der Waals surface area contributed by atoms with Crippen molar-refractivity contribution in [3.8, 4) is 0 Å². The minimum atomic E-state index is 0.355. The minimum Gasteiger partial charge on any atom is -0.299 e. The molecule has 0 aliphatic heterocycles. The number of halogens is 1. The Labute approximate surface area is 123 Å². The summed E-state index contributed by atoms with van der Waals surface area (Å²) < 4.78 is 1.06. The summed E-state index contributed by atoms with van der Waals surface area (Å²) in [7, 11) is 0. The maximum atomic E-state index is 11.9. The topological polar surface area (TPSA) is 17.1 Å². The van der Waals surface area contributed by atoms with Gasteiger partial charge in [0.25, 0.3) is 0 Å². The van der Waals surface area contributed by atoms with Gasteiger partial charge < -0.3 is 0 Å². The van der Waals surface area contributed by atoms with E-state index in [2.05, 4.69) is 42.8 Å². The molecule has 0 aliphatic rings. The van der Waals surface area contributed by atoms with Crippen molar-refractivity contribution in [3.05, 3.63) is 28.7 Å². The zero-order chi connectivity index (χ0) is 13.5. The molecule has 0 N–H and O–H groups in total. The second kappa shape index (κ2) is 8.00. The van der Waals surface area contributed by atoms with Crippen molar-refractivity contribution in [3.63, 3.8) is 0 Å². The summed E-state index contributed by atoms with van der Waals surface area (Å²) in [6.07, 6.45) is 1.84. The number of thioether (sulfide) groups is 1. The molecule has 0 spiro atoms. The molecule has 0 saturated carbocycles. The summed E-state index contributed by atoms with van der Waals surface area (Å²) in [6, 6.07) is 8.09. The molecule has 1 rings (SSSR count). The van der Waals surface area contributed by atoms with Gasteiger partial charge in [0.1, 0.15) is 5.78 Å². The van der Waals surface area contributed by atoms with Gasteiger partial charge in [-0.25, -0.2) is 0 Å². The van der Waals surface area contributed by atoms with Crippen molar-refractivity contribution < 1.29 is 4.79 Å². The Morgan fingerprint density at radius 3 is 2.67 bits per heavy atom. The van der Waals surface area contributed by atoms with Crippen LogP contribution in [0.4, 0.5) is 0 Å². The fourth-order valence-corrected chi connectivity index (χ4v) is 3.44. The highest BCUT2D eigenvalue weighted by Gasteiger charge is 2.11. The summed E-state index contributed by atoms with van der Waals surface area (Å²) >= 11 is 5.06. The quantitative estimate of drug-likeness (QED) is 0.641. The van der Waals surface area contributed by atoms with Crippen LogP contribution in [0.5, 0.6) is 0 Å². The molecule has 1 atom stereocenters. The lowest BCUT2D eigenvalue weighted by molar-refractivity contribution is -0.117. The Kier molecular flexibility index (Phi) is 7.02. The molecule has 0 aliphatic carbocycles. The SMILES string of the molecule is CC(C)CC(C)CC(=O)CSc1cccc(Br)c1. The van der Waals surface area contributed by atoms with Gasteiger partial charge in [0, 0.05) is 15.8 Å². The highest BCUT2D eigenvalue weighted by molar-refractivity contribution is 9.10. The molecule has 0 saturated heterocycles. The zero-order valence-electron chi connectivity index (χ0n) is 11.3. The summed E-state index contributed by atoms with van der Waals surface area (Å²) in [6.45, 7) is 6.58. The highest BCUT2D eigenvalue weighted by Crippen LogP contribution is 2.23. The van der Waals surface area contributed by atoms with Crippen LogP contribution in [0.25, 0.3) is 0 Å². The van der Waals surface area contributed by atoms with E-state index in [1.807, 2.05) is 18.2 Å². The van der Waals surface area contributed by atoms with E-state index in [9.17, 15) is 4.79 Å². The average molecular weight is 329 g/mol. The first-order valence-corrected chi connectivity index (χ1v) is 8.15. The van der Waals surface area contributed by atoms with Gasteiger partial charge in [-0.15, -0.1) is 11.8 Å². The molecular formula is C15H21BrOS. The number of Topliss-reactive ketones (excluding diaryl/α,β-unsaturated/α-hetero) is 1. The molecule has 0 heterocycles. The molecule has 0 fully saturated rings. The summed E-state index contributed by atoms with van der Waals surface area (Å²) in [5.41, 5.74) is 0. The van der Waals surface area contributed by atoms with Crippen LogP contribution in [-0.2, 0) is 4.79 Å². The first-order valence-electron chi connectivity index (χ1n) is 6.37. The van der Waals surface area contributed by atoms with Crippen LogP contribution in [0, 0.1) is 11.8 Å². The molecule has 1 nitrogen and oxygen atoms in total. The number of carbonyl (C=O) groups excluding carboxylic acids is 1. The Morgan fingerprint density at radius 1 is 1.33 bits per heavy atom. The molecule has 0 radical (unpaired) electrons. The Balaban J connectivity index is 2.33. The fraction of sp³-hybridized carbons (Fsp3) is 0.533. The van der Waals surface area contributed by atoms with Gasteiger partial charge in [0.2, 0.25) is 0 Å². The Hall–Kier alpha value is -0.280. The van der Waals surface area contributed by atoms with Crippen LogP contribution in [0.3, 0.4) is 0 Å². The van der Waals surface area contributed by atoms with Gasteiger partial charge in [0.15, 0.2) is 0 Å². The third kappa shape index (κ3) is 6.60. The molecular weight excluding hydrogens is 308 g/mol. The van der Waals surface area contributed by atoms with E-state index < -0.39 is 0 Å². The van der Waals surface area contributed by atoms with Crippen LogP contribution < -0.4 is 0 Å². The van der Waals surface area contributed by atoms with E-state index in [0.717, 1.165) is 15.8 Å². The highest BCUT2D eigenvalue weighted by atomic mass is 79.9. The lowest BCUT2D eigenvalue weighted by Crippen LogP contribution is -2.09.